The standard InChI is InChI=1S/C37H29Cl2N3O6/c1-48-20-9-6-18(7-10-20)37-27(35(46)42(36(37)47)41-29-14-8-19(38)16-28(29)39)17-26-24(11-12-25-31(26)34(45)40-33(25)44)32(37)23-13-15-30(43)22-5-3-2-4-21(22)23/h2-11,13-16,25-27,31-32,41,43H,12,17H2,1H3,(H,40,44,45). The quantitative estimate of drug-likeness (QED) is 0.171. The molecule has 3 fully saturated rings. The minimum Gasteiger partial charge on any atom is -0.507 e. The fourth-order valence-corrected chi connectivity index (χ4v) is 9.11. The topological polar surface area (TPSA) is 125 Å². The Balaban J connectivity index is 1.41. The van der Waals surface area contributed by atoms with Crippen molar-refractivity contribution in [3.05, 3.63) is 112 Å². The Morgan fingerprint density at radius 3 is 2.40 bits per heavy atom. The van der Waals surface area contributed by atoms with Gasteiger partial charge in [-0.1, -0.05) is 77.3 Å². The van der Waals surface area contributed by atoms with Gasteiger partial charge in [0.1, 0.15) is 11.5 Å². The first-order valence-corrected chi connectivity index (χ1v) is 16.4. The predicted molar refractivity (Wildman–Crippen MR) is 179 cm³/mol. The number of phenols is 1. The van der Waals surface area contributed by atoms with E-state index in [1.54, 1.807) is 49.6 Å². The number of anilines is 1. The zero-order valence-corrected chi connectivity index (χ0v) is 27.1. The van der Waals surface area contributed by atoms with Crippen molar-refractivity contribution in [2.75, 3.05) is 12.5 Å². The highest BCUT2D eigenvalue weighted by Crippen LogP contribution is 2.64. The molecule has 0 bridgehead atoms. The van der Waals surface area contributed by atoms with E-state index in [1.165, 1.54) is 6.07 Å². The monoisotopic (exact) mass is 681 g/mol. The van der Waals surface area contributed by atoms with Crippen LogP contribution in [0.15, 0.2) is 90.5 Å². The van der Waals surface area contributed by atoms with Gasteiger partial charge in [-0.3, -0.25) is 29.9 Å². The molecule has 6 unspecified atom stereocenters. The van der Waals surface area contributed by atoms with Crippen LogP contribution in [-0.2, 0) is 24.6 Å². The third-order valence-corrected chi connectivity index (χ3v) is 11.2. The molecule has 8 rings (SSSR count). The molecule has 2 aliphatic carbocycles. The fraction of sp³-hybridized carbons (Fsp3) is 0.243. The number of hydrogen-bond donors (Lipinski definition) is 3. The van der Waals surface area contributed by atoms with Crippen molar-refractivity contribution in [3.63, 3.8) is 0 Å². The van der Waals surface area contributed by atoms with Crippen LogP contribution in [0.25, 0.3) is 10.8 Å². The summed E-state index contributed by atoms with van der Waals surface area (Å²) in [4.78, 5) is 56.4. The number of carbonyl (C=O) groups excluding carboxylic acids is 4. The Kier molecular flexibility index (Phi) is 7.05. The second-order valence-corrected chi connectivity index (χ2v) is 13.6. The van der Waals surface area contributed by atoms with Gasteiger partial charge in [0.05, 0.1) is 41.0 Å². The Morgan fingerprint density at radius 1 is 0.917 bits per heavy atom. The number of aromatic hydroxyl groups is 1. The smallest absolute Gasteiger partial charge is 0.260 e. The maximum Gasteiger partial charge on any atom is 0.260 e. The number of imide groups is 2. The maximum atomic E-state index is 15.3. The van der Waals surface area contributed by atoms with Gasteiger partial charge in [-0.2, -0.15) is 5.01 Å². The van der Waals surface area contributed by atoms with Crippen molar-refractivity contribution in [3.8, 4) is 11.5 Å². The molecule has 9 nitrogen and oxygen atoms in total. The molecular weight excluding hydrogens is 653 g/mol. The third kappa shape index (κ3) is 4.23. The molecule has 242 valence electrons. The van der Waals surface area contributed by atoms with Gasteiger partial charge in [-0.25, -0.2) is 0 Å². The summed E-state index contributed by atoms with van der Waals surface area (Å²) in [6.07, 6.45) is 2.46. The number of fused-ring (bicyclic) bond motifs is 5. The second kappa shape index (κ2) is 11.1. The predicted octanol–water partition coefficient (Wildman–Crippen LogP) is 6.13. The first kappa shape index (κ1) is 30.5. The number of halogens is 2. The van der Waals surface area contributed by atoms with E-state index in [-0.39, 0.29) is 29.0 Å². The molecular formula is C37H29Cl2N3O6. The van der Waals surface area contributed by atoms with Gasteiger partial charge in [-0.05, 0) is 71.7 Å². The summed E-state index contributed by atoms with van der Waals surface area (Å²) in [7, 11) is 1.55. The molecule has 4 aromatic rings. The number of phenolic OH excluding ortho intramolecular Hbond substituents is 1. The molecule has 2 aliphatic heterocycles. The Hall–Kier alpha value is -4.86. The van der Waals surface area contributed by atoms with Crippen LogP contribution in [0.5, 0.6) is 11.5 Å². The number of allylic oxidation sites excluding steroid dienone is 2. The summed E-state index contributed by atoms with van der Waals surface area (Å²) in [5, 5.41) is 16.4. The minimum absolute atomic E-state index is 0.0738. The van der Waals surface area contributed by atoms with E-state index >= 15 is 4.79 Å². The molecule has 0 aromatic heterocycles. The Labute approximate surface area is 285 Å². The highest BCUT2D eigenvalue weighted by atomic mass is 35.5. The van der Waals surface area contributed by atoms with Gasteiger partial charge in [-0.15, -0.1) is 0 Å². The number of rotatable bonds is 5. The van der Waals surface area contributed by atoms with Crippen molar-refractivity contribution in [2.45, 2.75) is 24.2 Å². The summed E-state index contributed by atoms with van der Waals surface area (Å²) in [6.45, 7) is 0. The van der Waals surface area contributed by atoms with Crippen LogP contribution >= 0.6 is 23.2 Å². The van der Waals surface area contributed by atoms with Gasteiger partial charge < -0.3 is 9.84 Å². The van der Waals surface area contributed by atoms with Gasteiger partial charge in [0.15, 0.2) is 0 Å². The second-order valence-electron chi connectivity index (χ2n) is 12.8. The van der Waals surface area contributed by atoms with Crippen LogP contribution in [0.1, 0.15) is 29.9 Å². The summed E-state index contributed by atoms with van der Waals surface area (Å²) in [5.74, 6) is -4.48. The van der Waals surface area contributed by atoms with Crippen molar-refractivity contribution in [1.82, 2.24) is 10.3 Å². The molecule has 2 saturated heterocycles. The lowest BCUT2D eigenvalue weighted by atomic mass is 9.49. The average Bonchev–Trinajstić information content (AvgIpc) is 3.50. The number of methoxy groups -OCH3 is 1. The SMILES string of the molecule is COc1ccc(C23C(=O)N(Nc4ccc(Cl)cc4Cl)C(=O)C2CC2C(=CCC4C(=O)NC(=O)C42)C3c2ccc(O)c3ccccc23)cc1. The van der Waals surface area contributed by atoms with Gasteiger partial charge in [0.2, 0.25) is 11.8 Å². The molecule has 48 heavy (non-hydrogen) atoms. The zero-order valence-electron chi connectivity index (χ0n) is 25.6. The molecule has 4 amide bonds. The maximum absolute atomic E-state index is 15.3. The van der Waals surface area contributed by atoms with E-state index in [4.69, 9.17) is 27.9 Å². The van der Waals surface area contributed by atoms with Crippen molar-refractivity contribution in [2.24, 2.45) is 23.7 Å². The normalized spacial score (nSPS) is 27.7. The number of nitrogens with zero attached hydrogens (tertiary/aromatic N) is 1. The Morgan fingerprint density at radius 2 is 1.67 bits per heavy atom. The first-order valence-electron chi connectivity index (χ1n) is 15.6. The molecule has 1 saturated carbocycles. The number of hydrogen-bond acceptors (Lipinski definition) is 7. The highest BCUT2D eigenvalue weighted by Gasteiger charge is 2.70. The van der Waals surface area contributed by atoms with Gasteiger partial charge in [0, 0.05) is 16.3 Å². The molecule has 6 atom stereocenters. The van der Waals surface area contributed by atoms with E-state index in [0.29, 0.717) is 39.2 Å². The van der Waals surface area contributed by atoms with Crippen molar-refractivity contribution >= 4 is 63.3 Å². The van der Waals surface area contributed by atoms with E-state index in [2.05, 4.69) is 10.7 Å². The number of hydrazine groups is 1. The van der Waals surface area contributed by atoms with Crippen LogP contribution < -0.4 is 15.5 Å². The summed E-state index contributed by atoms with van der Waals surface area (Å²) >= 11 is 12.7. The van der Waals surface area contributed by atoms with Crippen LogP contribution in [0.3, 0.4) is 0 Å². The van der Waals surface area contributed by atoms with E-state index in [9.17, 15) is 19.5 Å². The lowest BCUT2D eigenvalue weighted by Crippen LogP contribution is -2.53. The zero-order chi connectivity index (χ0) is 33.5. The number of carbonyl (C=O) groups is 4. The van der Waals surface area contributed by atoms with Crippen LogP contribution in [-0.4, -0.2) is 40.9 Å². The molecule has 3 N–H and O–H groups in total. The highest BCUT2D eigenvalue weighted by molar-refractivity contribution is 6.36. The minimum atomic E-state index is -1.50. The summed E-state index contributed by atoms with van der Waals surface area (Å²) in [6, 6.07) is 22.6. The largest absolute Gasteiger partial charge is 0.507 e. The summed E-state index contributed by atoms with van der Waals surface area (Å²) in [5.41, 5.74) is 3.94. The molecule has 11 heteroatoms. The van der Waals surface area contributed by atoms with E-state index < -0.39 is 46.8 Å². The molecule has 4 aliphatic rings. The van der Waals surface area contributed by atoms with E-state index in [1.807, 2.05) is 36.4 Å². The van der Waals surface area contributed by atoms with Crippen LogP contribution in [0, 0.1) is 23.7 Å². The molecule has 0 spiro atoms. The average molecular weight is 683 g/mol. The lowest BCUT2D eigenvalue weighted by molar-refractivity contribution is -0.138. The van der Waals surface area contributed by atoms with E-state index in [0.717, 1.165) is 16.1 Å². The molecule has 2 heterocycles. The van der Waals surface area contributed by atoms with Gasteiger partial charge >= 0.3 is 0 Å². The number of amides is 4. The summed E-state index contributed by atoms with van der Waals surface area (Å²) < 4.78 is 5.46. The van der Waals surface area contributed by atoms with Crippen LogP contribution in [0.4, 0.5) is 5.69 Å². The van der Waals surface area contributed by atoms with Crippen LogP contribution in [0.2, 0.25) is 10.0 Å². The lowest BCUT2D eigenvalue weighted by Gasteiger charge is -2.51. The first-order chi connectivity index (χ1) is 23.1. The molecule has 0 radical (unpaired) electrons. The fourth-order valence-electron chi connectivity index (χ4n) is 8.66. The van der Waals surface area contributed by atoms with Crippen molar-refractivity contribution < 1.29 is 29.0 Å². The third-order valence-electron chi connectivity index (χ3n) is 10.7. The number of ether oxygens (including phenoxy) is 1. The van der Waals surface area contributed by atoms with Gasteiger partial charge in [0.25, 0.3) is 11.8 Å². The Bertz CT molecular complexity index is 2100. The molecule has 4 aromatic carbocycles. The number of nitrogens with one attached hydrogen (secondary N) is 2. The number of benzene rings is 4. The van der Waals surface area contributed by atoms with Crippen molar-refractivity contribution in [1.29, 1.82) is 0 Å².